The average Bonchev–Trinajstić information content (AvgIpc) is 2.74. The van der Waals surface area contributed by atoms with Gasteiger partial charge in [0, 0.05) is 32.9 Å². The molecule has 2 aromatic rings. The van der Waals surface area contributed by atoms with Gasteiger partial charge in [0.25, 0.3) is 5.91 Å². The number of rotatable bonds is 6. The number of anilines is 2. The lowest BCUT2D eigenvalue weighted by atomic mass is 10.3. The lowest BCUT2D eigenvalue weighted by Crippen LogP contribution is -2.40. The van der Waals surface area contributed by atoms with Gasteiger partial charge in [-0.05, 0) is 30.3 Å². The summed E-state index contributed by atoms with van der Waals surface area (Å²) in [5.74, 6) is 0.317. The monoisotopic (exact) mass is 421 g/mol. The quantitative estimate of drug-likeness (QED) is 0.729. The van der Waals surface area contributed by atoms with E-state index in [2.05, 4.69) is 15.5 Å². The van der Waals surface area contributed by atoms with Crippen LogP contribution in [0.2, 0.25) is 0 Å². The number of morpholine rings is 1. The van der Waals surface area contributed by atoms with E-state index in [-0.39, 0.29) is 29.4 Å². The molecule has 3 rings (SSSR count). The molecule has 2 heterocycles. The molecule has 1 fully saturated rings. The summed E-state index contributed by atoms with van der Waals surface area (Å²) in [5.41, 5.74) is 0.421. The highest BCUT2D eigenvalue weighted by atomic mass is 32.2. The van der Waals surface area contributed by atoms with Gasteiger partial charge in [-0.15, -0.1) is 10.2 Å². The van der Waals surface area contributed by atoms with Gasteiger partial charge in [0.1, 0.15) is 10.6 Å². The van der Waals surface area contributed by atoms with Gasteiger partial charge in [0.05, 0.1) is 20.3 Å². The minimum atomic E-state index is -3.80. The zero-order valence-corrected chi connectivity index (χ0v) is 17.3. The Bertz CT molecular complexity index is 973. The third kappa shape index (κ3) is 4.63. The number of methoxy groups -OCH3 is 1. The summed E-state index contributed by atoms with van der Waals surface area (Å²) in [6.07, 6.45) is 0. The molecule has 10 nitrogen and oxygen atoms in total. The Balaban J connectivity index is 1.85. The normalized spacial score (nSPS) is 15.0. The number of carbonyl (C=O) groups excluding carboxylic acids is 1. The largest absolute Gasteiger partial charge is 0.495 e. The Morgan fingerprint density at radius 2 is 1.90 bits per heavy atom. The van der Waals surface area contributed by atoms with E-state index in [0.717, 1.165) is 0 Å². The van der Waals surface area contributed by atoms with Crippen LogP contribution in [0.5, 0.6) is 5.75 Å². The van der Waals surface area contributed by atoms with E-state index in [1.807, 2.05) is 14.1 Å². The first-order valence-electron chi connectivity index (χ1n) is 8.91. The topological polar surface area (TPSA) is 114 Å². The molecule has 0 radical (unpaired) electrons. The van der Waals surface area contributed by atoms with Crippen LogP contribution in [0.15, 0.2) is 35.2 Å². The Morgan fingerprint density at radius 3 is 2.48 bits per heavy atom. The van der Waals surface area contributed by atoms with E-state index < -0.39 is 15.9 Å². The van der Waals surface area contributed by atoms with E-state index in [9.17, 15) is 13.2 Å². The molecule has 0 unspecified atom stereocenters. The highest BCUT2D eigenvalue weighted by molar-refractivity contribution is 7.89. The fourth-order valence-corrected chi connectivity index (χ4v) is 4.35. The number of nitrogens with zero attached hydrogens (tertiary/aromatic N) is 4. The summed E-state index contributed by atoms with van der Waals surface area (Å²) in [7, 11) is 1.23. The summed E-state index contributed by atoms with van der Waals surface area (Å²) in [6.45, 7) is 1.19. The van der Waals surface area contributed by atoms with Crippen molar-refractivity contribution in [2.24, 2.45) is 0 Å². The van der Waals surface area contributed by atoms with E-state index in [0.29, 0.717) is 24.7 Å². The lowest BCUT2D eigenvalue weighted by Gasteiger charge is -2.26. The van der Waals surface area contributed by atoms with Crippen molar-refractivity contribution in [2.75, 3.05) is 57.7 Å². The molecule has 11 heteroatoms. The van der Waals surface area contributed by atoms with Gasteiger partial charge in [0.2, 0.25) is 10.0 Å². The van der Waals surface area contributed by atoms with Crippen LogP contribution < -0.4 is 15.0 Å². The number of sulfonamides is 1. The number of hydrogen-bond acceptors (Lipinski definition) is 8. The number of benzene rings is 1. The molecule has 1 saturated heterocycles. The smallest absolute Gasteiger partial charge is 0.276 e. The molecular formula is C18H23N5O5S. The van der Waals surface area contributed by atoms with Crippen LogP contribution in [0.1, 0.15) is 10.5 Å². The molecule has 1 N–H and O–H groups in total. The fraction of sp³-hybridized carbons (Fsp3) is 0.389. The third-order valence-corrected chi connectivity index (χ3v) is 6.27. The zero-order chi connectivity index (χ0) is 21.0. The molecule has 0 atom stereocenters. The van der Waals surface area contributed by atoms with Crippen LogP contribution in [0.4, 0.5) is 11.5 Å². The molecule has 1 aromatic carbocycles. The summed E-state index contributed by atoms with van der Waals surface area (Å²) in [4.78, 5) is 14.2. The molecule has 0 aliphatic carbocycles. The van der Waals surface area contributed by atoms with E-state index in [1.54, 1.807) is 23.1 Å². The van der Waals surface area contributed by atoms with Gasteiger partial charge in [-0.2, -0.15) is 4.31 Å². The Kier molecular flexibility index (Phi) is 6.30. The Labute approximate surface area is 169 Å². The predicted octanol–water partition coefficient (Wildman–Crippen LogP) is 0.824. The van der Waals surface area contributed by atoms with Crippen LogP contribution in [-0.2, 0) is 14.8 Å². The minimum Gasteiger partial charge on any atom is -0.495 e. The van der Waals surface area contributed by atoms with Crippen LogP contribution in [0, 0.1) is 0 Å². The molecule has 1 aliphatic rings. The molecule has 29 heavy (non-hydrogen) atoms. The highest BCUT2D eigenvalue weighted by Gasteiger charge is 2.29. The molecule has 156 valence electrons. The number of amides is 1. The van der Waals surface area contributed by atoms with Crippen molar-refractivity contribution in [3.05, 3.63) is 36.0 Å². The van der Waals surface area contributed by atoms with Crippen molar-refractivity contribution in [1.82, 2.24) is 14.5 Å². The molecule has 0 bridgehead atoms. The van der Waals surface area contributed by atoms with Gasteiger partial charge < -0.3 is 19.7 Å². The number of aromatic nitrogens is 2. The Morgan fingerprint density at radius 1 is 1.17 bits per heavy atom. The number of ether oxygens (including phenoxy) is 2. The van der Waals surface area contributed by atoms with Crippen molar-refractivity contribution < 1.29 is 22.7 Å². The average molecular weight is 421 g/mol. The summed E-state index contributed by atoms with van der Waals surface area (Å²) in [5, 5.41) is 10.5. The third-order valence-electron chi connectivity index (χ3n) is 4.35. The first-order valence-corrected chi connectivity index (χ1v) is 10.4. The van der Waals surface area contributed by atoms with Crippen molar-refractivity contribution in [2.45, 2.75) is 4.90 Å². The molecule has 0 spiro atoms. The number of carbonyl (C=O) groups is 1. The van der Waals surface area contributed by atoms with Crippen LogP contribution in [-0.4, -0.2) is 76.3 Å². The van der Waals surface area contributed by atoms with Crippen molar-refractivity contribution in [3.8, 4) is 5.75 Å². The van der Waals surface area contributed by atoms with Gasteiger partial charge in [-0.25, -0.2) is 8.42 Å². The first-order chi connectivity index (χ1) is 13.8. The maximum Gasteiger partial charge on any atom is 0.276 e. The van der Waals surface area contributed by atoms with E-state index in [1.165, 1.54) is 23.5 Å². The second-order valence-electron chi connectivity index (χ2n) is 6.51. The van der Waals surface area contributed by atoms with Crippen molar-refractivity contribution in [1.29, 1.82) is 0 Å². The highest BCUT2D eigenvalue weighted by Crippen LogP contribution is 2.30. The maximum absolute atomic E-state index is 13.0. The van der Waals surface area contributed by atoms with Crippen molar-refractivity contribution >= 4 is 27.4 Å². The van der Waals surface area contributed by atoms with Crippen molar-refractivity contribution in [3.63, 3.8) is 0 Å². The predicted molar refractivity (Wildman–Crippen MR) is 107 cm³/mol. The molecular weight excluding hydrogens is 398 g/mol. The molecule has 1 amide bonds. The van der Waals surface area contributed by atoms with E-state index >= 15 is 0 Å². The van der Waals surface area contributed by atoms with Gasteiger partial charge in [-0.1, -0.05) is 0 Å². The number of nitrogens with one attached hydrogen (secondary N) is 1. The van der Waals surface area contributed by atoms with Crippen LogP contribution in [0.25, 0.3) is 0 Å². The SMILES string of the molecule is COc1ccc(NC(=O)c2ccc(N(C)C)nn2)cc1S(=O)(=O)N1CCOCC1. The number of hydrogen-bond donors (Lipinski definition) is 1. The molecule has 1 aliphatic heterocycles. The summed E-state index contributed by atoms with van der Waals surface area (Å²) < 4.78 is 37.8. The Hall–Kier alpha value is -2.76. The van der Waals surface area contributed by atoms with Crippen LogP contribution in [0.3, 0.4) is 0 Å². The minimum absolute atomic E-state index is 0.0197. The van der Waals surface area contributed by atoms with Gasteiger partial charge in [0.15, 0.2) is 11.5 Å². The molecule has 1 aromatic heterocycles. The second kappa shape index (κ2) is 8.72. The first kappa shape index (κ1) is 21.0. The van der Waals surface area contributed by atoms with Crippen LogP contribution >= 0.6 is 0 Å². The molecule has 0 saturated carbocycles. The second-order valence-corrected chi connectivity index (χ2v) is 8.41. The fourth-order valence-electron chi connectivity index (χ4n) is 2.76. The lowest BCUT2D eigenvalue weighted by molar-refractivity contribution is 0.0729. The summed E-state index contributed by atoms with van der Waals surface area (Å²) >= 11 is 0. The summed E-state index contributed by atoms with van der Waals surface area (Å²) in [6, 6.07) is 7.67. The van der Waals surface area contributed by atoms with Gasteiger partial charge in [-0.3, -0.25) is 4.79 Å². The van der Waals surface area contributed by atoms with E-state index in [4.69, 9.17) is 9.47 Å². The van der Waals surface area contributed by atoms with Gasteiger partial charge >= 0.3 is 0 Å². The maximum atomic E-state index is 13.0. The standard InChI is InChI=1S/C18H23N5O5S/c1-22(2)17-7-5-14(20-21-17)18(24)19-13-4-6-15(27-3)16(12-13)29(25,26)23-8-10-28-11-9-23/h4-7,12H,8-11H2,1-3H3,(H,19,24). The zero-order valence-electron chi connectivity index (χ0n) is 16.5.